The molecule has 1 unspecified atom stereocenters. The van der Waals surface area contributed by atoms with Crippen molar-refractivity contribution in [1.29, 1.82) is 0 Å². The first kappa shape index (κ1) is 34.1. The zero-order valence-electron chi connectivity index (χ0n) is 23.0. The van der Waals surface area contributed by atoms with E-state index in [1.165, 1.54) is 11.8 Å². The number of hydrogen-bond acceptors (Lipinski definition) is 11. The molecule has 0 bridgehead atoms. The Kier molecular flexibility index (Phi) is 11.2. The van der Waals surface area contributed by atoms with Gasteiger partial charge in [0, 0.05) is 42.0 Å². The molecule has 0 radical (unpaired) electrons. The van der Waals surface area contributed by atoms with Crippen LogP contribution in [-0.4, -0.2) is 124 Å². The van der Waals surface area contributed by atoms with Gasteiger partial charge in [-0.2, -0.15) is 8.78 Å². The van der Waals surface area contributed by atoms with Gasteiger partial charge in [0.25, 0.3) is 5.91 Å². The molecule has 240 valence electrons. The molecule has 15 nitrogen and oxygen atoms in total. The number of amides is 3. The molecule has 3 aliphatic rings. The SMILES string of the molecule is CN1CCN(C(=O)OCC2=C(C(=O)O)N3C(=O)C(NC(=O)[C@@H](N)c4ccccc4)[C@@H]3SC2)CC1.O=C(O)C(F)(F)C(=O)OF. The number of halogens is 3. The number of carboxylic acids is 2. The van der Waals surface area contributed by atoms with Crippen molar-refractivity contribution in [2.45, 2.75) is 23.4 Å². The van der Waals surface area contributed by atoms with Gasteiger partial charge in [0.05, 0.1) is 0 Å². The number of β-lactam (4-membered cyclic amide) rings is 1. The van der Waals surface area contributed by atoms with Crippen LogP contribution in [0.1, 0.15) is 11.6 Å². The van der Waals surface area contributed by atoms with Crippen LogP contribution in [0.15, 0.2) is 41.6 Å². The number of piperazine rings is 1. The minimum atomic E-state index is -4.81. The second-order valence-electron chi connectivity index (χ2n) is 9.63. The van der Waals surface area contributed by atoms with E-state index in [1.807, 2.05) is 12.0 Å². The van der Waals surface area contributed by atoms with Gasteiger partial charge in [-0.05, 0) is 12.6 Å². The van der Waals surface area contributed by atoms with Gasteiger partial charge in [-0.25, -0.2) is 24.1 Å². The number of carboxylic acid groups (broad SMARTS) is 2. The quantitative estimate of drug-likeness (QED) is 0.216. The van der Waals surface area contributed by atoms with Gasteiger partial charge < -0.3 is 35.8 Å². The van der Waals surface area contributed by atoms with Crippen molar-refractivity contribution >= 4 is 47.6 Å². The molecule has 2 fully saturated rings. The molecule has 1 aromatic carbocycles. The van der Waals surface area contributed by atoms with Crippen LogP contribution in [0.5, 0.6) is 0 Å². The molecular weight excluding hydrogens is 619 g/mol. The van der Waals surface area contributed by atoms with E-state index >= 15 is 0 Å². The number of carbonyl (C=O) groups excluding carboxylic acids is 4. The Bertz CT molecular complexity index is 1330. The summed E-state index contributed by atoms with van der Waals surface area (Å²) in [6.45, 7) is 2.33. The van der Waals surface area contributed by atoms with Crippen LogP contribution in [-0.2, 0) is 33.7 Å². The molecule has 2 saturated heterocycles. The number of carbonyl (C=O) groups is 6. The normalized spacial score (nSPS) is 20.7. The van der Waals surface area contributed by atoms with Crippen molar-refractivity contribution in [3.05, 3.63) is 47.2 Å². The first-order chi connectivity index (χ1) is 20.7. The topological polar surface area (TPSA) is 209 Å². The molecule has 1 aromatic rings. The van der Waals surface area contributed by atoms with E-state index in [4.69, 9.17) is 15.6 Å². The van der Waals surface area contributed by atoms with Crippen LogP contribution < -0.4 is 11.1 Å². The maximum atomic E-state index is 12.8. The molecule has 3 heterocycles. The third-order valence-corrected chi connectivity index (χ3v) is 8.05. The third kappa shape index (κ3) is 7.58. The standard InChI is InChI=1S/C22H27N5O6S.C3HF3O4/c1-25-7-9-26(10-8-25)22(32)33-11-14-12-34-20-16(19(29)27(20)17(14)21(30)31)24-18(28)15(23)13-5-3-2-4-6-13;4-3(5,1(7)8)2(9)10-6/h2-6,15-16,20H,7-12,23H2,1H3,(H,24,28)(H,30,31);(H,7,8)/t15-,16?,20-;/m0./s1. The van der Waals surface area contributed by atoms with E-state index in [1.54, 1.807) is 35.2 Å². The summed E-state index contributed by atoms with van der Waals surface area (Å²) in [4.78, 5) is 75.5. The number of ether oxygens (including phenoxy) is 1. The third-order valence-electron chi connectivity index (χ3n) is 6.72. The molecular formula is C25H28F3N5O10S. The van der Waals surface area contributed by atoms with Crippen molar-refractivity contribution in [1.82, 2.24) is 20.0 Å². The maximum absolute atomic E-state index is 12.8. The highest BCUT2D eigenvalue weighted by atomic mass is 32.2. The van der Waals surface area contributed by atoms with Crippen LogP contribution in [0, 0.1) is 0 Å². The fourth-order valence-electron chi connectivity index (χ4n) is 4.21. The molecule has 0 aromatic heterocycles. The molecule has 3 aliphatic heterocycles. The predicted molar refractivity (Wildman–Crippen MR) is 143 cm³/mol. The van der Waals surface area contributed by atoms with Gasteiger partial charge in [-0.15, -0.1) is 11.8 Å². The number of likely N-dealkylation sites (N-methyl/N-ethyl adjacent to an activating group) is 1. The summed E-state index contributed by atoms with van der Waals surface area (Å²) in [6.07, 6.45) is -0.507. The van der Waals surface area contributed by atoms with Crippen LogP contribution >= 0.6 is 11.8 Å². The van der Waals surface area contributed by atoms with E-state index in [0.717, 1.165) is 18.0 Å². The Morgan fingerprint density at radius 2 is 1.73 bits per heavy atom. The number of aliphatic carboxylic acids is 2. The number of fused-ring (bicyclic) bond motifs is 1. The van der Waals surface area contributed by atoms with Gasteiger partial charge in [-0.1, -0.05) is 30.3 Å². The summed E-state index contributed by atoms with van der Waals surface area (Å²) in [6, 6.07) is 6.94. The Morgan fingerprint density at radius 3 is 2.25 bits per heavy atom. The van der Waals surface area contributed by atoms with Gasteiger partial charge in [-0.3, -0.25) is 14.5 Å². The van der Waals surface area contributed by atoms with Gasteiger partial charge in [0.15, 0.2) is 0 Å². The zero-order chi connectivity index (χ0) is 32.8. The number of nitrogens with one attached hydrogen (secondary N) is 1. The molecule has 5 N–H and O–H groups in total. The first-order valence-corrected chi connectivity index (χ1v) is 13.8. The summed E-state index contributed by atoms with van der Waals surface area (Å²) in [5, 5.41) is 19.4. The van der Waals surface area contributed by atoms with E-state index in [0.29, 0.717) is 24.2 Å². The number of nitrogens with two attached hydrogens (primary N) is 1. The molecule has 0 spiro atoms. The largest absolute Gasteiger partial charge is 0.477 e. The Balaban J connectivity index is 0.000000456. The summed E-state index contributed by atoms with van der Waals surface area (Å²) < 4.78 is 39.3. The minimum absolute atomic E-state index is 0.196. The Morgan fingerprint density at radius 1 is 1.11 bits per heavy atom. The number of nitrogens with zero attached hydrogens (tertiary/aromatic N) is 3. The highest BCUT2D eigenvalue weighted by Crippen LogP contribution is 2.40. The van der Waals surface area contributed by atoms with E-state index in [2.05, 4.69) is 10.2 Å². The lowest BCUT2D eigenvalue weighted by molar-refractivity contribution is -0.216. The average Bonchev–Trinajstić information content (AvgIpc) is 3.01. The minimum Gasteiger partial charge on any atom is -0.477 e. The average molecular weight is 648 g/mol. The highest BCUT2D eigenvalue weighted by molar-refractivity contribution is 8.00. The molecule has 3 atom stereocenters. The van der Waals surface area contributed by atoms with Crippen molar-refractivity contribution in [3.63, 3.8) is 0 Å². The van der Waals surface area contributed by atoms with Crippen LogP contribution in [0.25, 0.3) is 0 Å². The van der Waals surface area contributed by atoms with Gasteiger partial charge >= 0.3 is 29.9 Å². The molecule has 0 aliphatic carbocycles. The fraction of sp³-hybridized carbons (Fsp3) is 0.440. The van der Waals surface area contributed by atoms with Crippen LogP contribution in [0.3, 0.4) is 0 Å². The van der Waals surface area contributed by atoms with Crippen molar-refractivity contribution in [3.8, 4) is 0 Å². The fourth-order valence-corrected chi connectivity index (χ4v) is 5.54. The number of thioether (sulfide) groups is 1. The van der Waals surface area contributed by atoms with Crippen LogP contribution in [0.4, 0.5) is 18.1 Å². The number of benzene rings is 1. The molecule has 19 heteroatoms. The second kappa shape index (κ2) is 14.4. The van der Waals surface area contributed by atoms with Crippen molar-refractivity contribution < 1.29 is 62.0 Å². The number of hydrogen-bond donors (Lipinski definition) is 4. The predicted octanol–water partition coefficient (Wildman–Crippen LogP) is -0.0570. The Hall–Kier alpha value is -4.36. The summed E-state index contributed by atoms with van der Waals surface area (Å²) in [7, 11) is 1.97. The molecule has 44 heavy (non-hydrogen) atoms. The van der Waals surface area contributed by atoms with Crippen molar-refractivity contribution in [2.75, 3.05) is 45.6 Å². The lowest BCUT2D eigenvalue weighted by atomic mass is 10.0. The lowest BCUT2D eigenvalue weighted by Crippen LogP contribution is -2.71. The van der Waals surface area contributed by atoms with Crippen LogP contribution in [0.2, 0.25) is 0 Å². The zero-order valence-corrected chi connectivity index (χ0v) is 23.8. The van der Waals surface area contributed by atoms with Crippen molar-refractivity contribution in [2.24, 2.45) is 5.73 Å². The lowest BCUT2D eigenvalue weighted by Gasteiger charge is -2.49. The monoisotopic (exact) mass is 647 g/mol. The summed E-state index contributed by atoms with van der Waals surface area (Å²) >= 11 is 1.31. The van der Waals surface area contributed by atoms with E-state index in [9.17, 15) is 47.2 Å². The number of alkyl halides is 2. The van der Waals surface area contributed by atoms with Gasteiger partial charge in [0.1, 0.15) is 29.8 Å². The molecule has 0 saturated carbocycles. The van der Waals surface area contributed by atoms with E-state index in [-0.39, 0.29) is 18.1 Å². The first-order valence-electron chi connectivity index (χ1n) is 12.8. The second-order valence-corrected chi connectivity index (χ2v) is 10.7. The maximum Gasteiger partial charge on any atom is 0.440 e. The molecule has 4 rings (SSSR count). The Labute approximate surface area is 251 Å². The molecule has 3 amide bonds. The van der Waals surface area contributed by atoms with Gasteiger partial charge in [0.2, 0.25) is 5.91 Å². The smallest absolute Gasteiger partial charge is 0.440 e. The summed E-state index contributed by atoms with van der Waals surface area (Å²) in [5.74, 6) is -12.4. The number of rotatable bonds is 8. The highest BCUT2D eigenvalue weighted by Gasteiger charge is 2.54. The van der Waals surface area contributed by atoms with E-state index < -0.39 is 59.2 Å². The summed E-state index contributed by atoms with van der Waals surface area (Å²) in [5.41, 5.74) is 6.76.